The van der Waals surface area contributed by atoms with Gasteiger partial charge in [0.15, 0.2) is 0 Å². The van der Waals surface area contributed by atoms with Crippen LogP contribution in [-0.2, 0) is 0 Å². The molecule has 19 heavy (non-hydrogen) atoms. The fourth-order valence-corrected chi connectivity index (χ4v) is 1.33. The molecule has 2 nitrogen and oxygen atoms in total. The van der Waals surface area contributed by atoms with Crippen molar-refractivity contribution in [2.24, 2.45) is 0 Å². The third-order valence-electron chi connectivity index (χ3n) is 2.21. The van der Waals surface area contributed by atoms with Crippen LogP contribution in [0.15, 0.2) is 29.3 Å². The van der Waals surface area contributed by atoms with Crippen LogP contribution >= 0.6 is 11.6 Å². The molecule has 0 N–H and O–H groups in total. The number of hydrogen-bond donors (Lipinski definition) is 0. The van der Waals surface area contributed by atoms with Crippen molar-refractivity contribution in [3.8, 4) is 11.5 Å². The van der Waals surface area contributed by atoms with Crippen LogP contribution in [0.1, 0.15) is 6.92 Å². The Hall–Kier alpha value is 0.341. The van der Waals surface area contributed by atoms with Gasteiger partial charge in [0.2, 0.25) is 0 Å². The average molecular weight is 319 g/mol. The van der Waals surface area contributed by atoms with E-state index in [1.54, 1.807) is 6.92 Å². The summed E-state index contributed by atoms with van der Waals surface area (Å²) in [6, 6.07) is 3.58. The first-order valence-electron chi connectivity index (χ1n) is 5.15. The topological polar surface area (TPSA) is 18.5 Å². The Balaban J connectivity index is 0.00000324. The second-order valence-electron chi connectivity index (χ2n) is 3.72. The van der Waals surface area contributed by atoms with Gasteiger partial charge in [0, 0.05) is 5.54 Å². The predicted molar refractivity (Wildman–Crippen MR) is 66.8 cm³/mol. The minimum atomic E-state index is -5.16. The van der Waals surface area contributed by atoms with Gasteiger partial charge in [0.1, 0.15) is 12.4 Å². The van der Waals surface area contributed by atoms with Crippen LogP contribution < -0.4 is 66.3 Å². The molecule has 0 fully saturated rings. The minimum Gasteiger partial charge on any atom is -0.497 e. The molecule has 8 heteroatoms. The molecule has 0 atom stereocenters. The van der Waals surface area contributed by atoms with E-state index in [9.17, 15) is 12.9 Å². The fourth-order valence-electron chi connectivity index (χ4n) is 1.26. The molecule has 100 valence electrons. The summed E-state index contributed by atoms with van der Waals surface area (Å²) in [7, 11) is 1.31. The monoisotopic (exact) mass is 318 g/mol. The standard InChI is InChI=1S/C11H12BClF3O2.K/c1-8(6-13)7-18-11-4-3-9(17-2)5-10(11)12(14,15)16;/h3-6H,7H2,1-2H3;/q-1;+1/b8-6+;. The molecule has 0 aliphatic rings. The van der Waals surface area contributed by atoms with E-state index in [1.165, 1.54) is 24.8 Å². The molecule has 1 aromatic rings. The largest absolute Gasteiger partial charge is 1.00 e. The Kier molecular flexibility index (Phi) is 8.74. The number of methoxy groups -OCH3 is 1. The Morgan fingerprint density at radius 3 is 2.47 bits per heavy atom. The number of hydrogen-bond acceptors (Lipinski definition) is 2. The molecule has 0 bridgehead atoms. The number of benzene rings is 1. The van der Waals surface area contributed by atoms with Crippen molar-refractivity contribution < 1.29 is 73.8 Å². The summed E-state index contributed by atoms with van der Waals surface area (Å²) in [4.78, 5) is 0. The molecule has 0 saturated carbocycles. The van der Waals surface area contributed by atoms with Crippen LogP contribution in [0.4, 0.5) is 12.9 Å². The third kappa shape index (κ3) is 6.10. The minimum absolute atomic E-state index is 0. The van der Waals surface area contributed by atoms with Crippen LogP contribution in [0.3, 0.4) is 0 Å². The van der Waals surface area contributed by atoms with Crippen molar-refractivity contribution in [3.05, 3.63) is 29.3 Å². The van der Waals surface area contributed by atoms with E-state index in [1.807, 2.05) is 0 Å². The van der Waals surface area contributed by atoms with Crippen LogP contribution in [0.25, 0.3) is 0 Å². The quantitative estimate of drug-likeness (QED) is 0.726. The molecule has 0 unspecified atom stereocenters. The summed E-state index contributed by atoms with van der Waals surface area (Å²) < 4.78 is 48.4. The van der Waals surface area contributed by atoms with Gasteiger partial charge in [-0.3, -0.25) is 0 Å². The number of rotatable bonds is 5. The zero-order valence-electron chi connectivity index (χ0n) is 10.9. The molecule has 0 aromatic heterocycles. The Morgan fingerprint density at radius 1 is 1.37 bits per heavy atom. The first-order chi connectivity index (χ1) is 8.38. The second kappa shape index (κ2) is 8.59. The van der Waals surface area contributed by atoms with Gasteiger partial charge in [-0.15, -0.1) is 0 Å². The Bertz CT molecular complexity index is 452. The molecule has 0 aliphatic carbocycles. The maximum absolute atomic E-state index is 12.9. The molecule has 0 amide bonds. The first-order valence-corrected chi connectivity index (χ1v) is 5.58. The molecular weight excluding hydrogens is 306 g/mol. The third-order valence-corrected chi connectivity index (χ3v) is 2.58. The Labute approximate surface area is 157 Å². The molecular formula is C11H12BClF3KO2. The summed E-state index contributed by atoms with van der Waals surface area (Å²) >= 11 is 5.42. The van der Waals surface area contributed by atoms with Gasteiger partial charge in [-0.05, 0) is 30.7 Å². The van der Waals surface area contributed by atoms with E-state index in [2.05, 4.69) is 0 Å². The zero-order chi connectivity index (χ0) is 13.8. The van der Waals surface area contributed by atoms with E-state index in [-0.39, 0.29) is 69.5 Å². The van der Waals surface area contributed by atoms with Crippen molar-refractivity contribution >= 4 is 24.0 Å². The maximum Gasteiger partial charge on any atom is 1.00 e. The molecule has 0 radical (unpaired) electrons. The van der Waals surface area contributed by atoms with Gasteiger partial charge < -0.3 is 22.4 Å². The van der Waals surface area contributed by atoms with E-state index >= 15 is 0 Å². The van der Waals surface area contributed by atoms with Crippen LogP contribution in [0.2, 0.25) is 0 Å². The first kappa shape index (κ1) is 19.3. The molecule has 0 heterocycles. The van der Waals surface area contributed by atoms with E-state index < -0.39 is 12.4 Å². The van der Waals surface area contributed by atoms with E-state index in [0.29, 0.717) is 5.57 Å². The SMILES string of the molecule is COc1ccc(OC/C(C)=C/Cl)c([B-](F)(F)F)c1.[K+]. The van der Waals surface area contributed by atoms with Crippen LogP contribution in [0.5, 0.6) is 11.5 Å². The van der Waals surface area contributed by atoms with Gasteiger partial charge in [-0.1, -0.05) is 17.1 Å². The Morgan fingerprint density at radius 2 is 2.00 bits per heavy atom. The van der Waals surface area contributed by atoms with Gasteiger partial charge in [-0.2, -0.15) is 0 Å². The molecule has 1 rings (SSSR count). The van der Waals surface area contributed by atoms with Gasteiger partial charge in [0.05, 0.1) is 12.9 Å². The predicted octanol–water partition coefficient (Wildman–Crippen LogP) is 0.275. The normalized spacial score (nSPS) is 11.8. The van der Waals surface area contributed by atoms with Crippen LogP contribution in [-0.4, -0.2) is 20.7 Å². The van der Waals surface area contributed by atoms with E-state index in [4.69, 9.17) is 21.1 Å². The van der Waals surface area contributed by atoms with Crippen molar-refractivity contribution in [1.82, 2.24) is 0 Å². The van der Waals surface area contributed by atoms with Gasteiger partial charge >= 0.3 is 58.4 Å². The molecule has 0 aliphatic heterocycles. The summed E-state index contributed by atoms with van der Waals surface area (Å²) in [5.41, 5.74) is 1.09. The fraction of sp³-hybridized carbons (Fsp3) is 0.273. The summed E-state index contributed by atoms with van der Waals surface area (Å²) in [5, 5.41) is 0. The van der Waals surface area contributed by atoms with E-state index in [0.717, 1.165) is 6.07 Å². The molecule has 1 aromatic carbocycles. The maximum atomic E-state index is 12.9. The average Bonchev–Trinajstić information content (AvgIpc) is 2.34. The number of ether oxygens (including phenoxy) is 2. The molecule has 0 saturated heterocycles. The van der Waals surface area contributed by atoms with Gasteiger partial charge in [0.25, 0.3) is 0 Å². The summed E-state index contributed by atoms with van der Waals surface area (Å²) in [6.07, 6.45) is 0. The zero-order valence-corrected chi connectivity index (χ0v) is 14.8. The number of halogens is 4. The summed E-state index contributed by atoms with van der Waals surface area (Å²) in [6.45, 7) is -3.49. The van der Waals surface area contributed by atoms with Gasteiger partial charge in [-0.25, -0.2) is 0 Å². The van der Waals surface area contributed by atoms with Crippen molar-refractivity contribution in [2.75, 3.05) is 13.7 Å². The van der Waals surface area contributed by atoms with Crippen molar-refractivity contribution in [2.45, 2.75) is 6.92 Å². The second-order valence-corrected chi connectivity index (χ2v) is 3.94. The molecule has 0 spiro atoms. The smallest absolute Gasteiger partial charge is 0.497 e. The van der Waals surface area contributed by atoms with Crippen molar-refractivity contribution in [1.29, 1.82) is 0 Å². The van der Waals surface area contributed by atoms with Crippen LogP contribution in [0, 0.1) is 0 Å². The van der Waals surface area contributed by atoms with Crippen molar-refractivity contribution in [3.63, 3.8) is 0 Å². The summed E-state index contributed by atoms with van der Waals surface area (Å²) in [5.74, 6) is -0.0812.